The van der Waals surface area contributed by atoms with E-state index in [1.165, 1.54) is 16.7 Å². The van der Waals surface area contributed by atoms with Gasteiger partial charge < -0.3 is 9.64 Å². The van der Waals surface area contributed by atoms with E-state index in [1.54, 1.807) is 42.7 Å². The summed E-state index contributed by atoms with van der Waals surface area (Å²) in [6.45, 7) is -0.0213. The molecule has 10 heteroatoms. The second-order valence-electron chi connectivity index (χ2n) is 6.65. The number of hydrogen-bond donors (Lipinski definition) is 0. The minimum Gasteiger partial charge on any atom is -0.480 e. The molecule has 3 aromatic heterocycles. The van der Waals surface area contributed by atoms with Crippen LogP contribution in [-0.2, 0) is 0 Å². The molecule has 0 bridgehead atoms. The smallest absolute Gasteiger partial charge is 0.274 e. The van der Waals surface area contributed by atoms with E-state index in [1.807, 2.05) is 0 Å². The molecule has 0 aromatic carbocycles. The fourth-order valence-electron chi connectivity index (χ4n) is 3.11. The van der Waals surface area contributed by atoms with Crippen molar-refractivity contribution >= 4 is 5.91 Å². The normalized spacial score (nSPS) is 15.9. The Morgan fingerprint density at radius 3 is 2.59 bits per heavy atom. The van der Waals surface area contributed by atoms with Gasteiger partial charge in [0.1, 0.15) is 5.69 Å². The second kappa shape index (κ2) is 7.53. The zero-order chi connectivity index (χ0) is 20.4. The van der Waals surface area contributed by atoms with Crippen molar-refractivity contribution in [2.24, 2.45) is 0 Å². The van der Waals surface area contributed by atoms with Gasteiger partial charge in [0.25, 0.3) is 11.8 Å². The number of aromatic nitrogens is 5. The molecule has 0 spiro atoms. The fraction of sp³-hybridized carbons (Fsp3) is 0.316. The first-order valence-corrected chi connectivity index (χ1v) is 9.02. The van der Waals surface area contributed by atoms with Gasteiger partial charge in [-0.15, -0.1) is 10.2 Å². The largest absolute Gasteiger partial charge is 0.480 e. The molecule has 0 radical (unpaired) electrons. The minimum absolute atomic E-state index is 0.0107. The van der Waals surface area contributed by atoms with Crippen LogP contribution in [-0.4, -0.2) is 61.9 Å². The number of piperidine rings is 1. The number of halogens is 2. The van der Waals surface area contributed by atoms with Crippen molar-refractivity contribution in [1.29, 1.82) is 0 Å². The number of hydrogen-bond acceptors (Lipinski definition) is 6. The van der Waals surface area contributed by atoms with Gasteiger partial charge in [-0.05, 0) is 24.3 Å². The highest BCUT2D eigenvalue weighted by Crippen LogP contribution is 2.29. The van der Waals surface area contributed by atoms with Crippen molar-refractivity contribution in [3.63, 3.8) is 0 Å². The maximum absolute atomic E-state index is 13.4. The van der Waals surface area contributed by atoms with Crippen LogP contribution in [0.2, 0.25) is 0 Å². The molecule has 150 valence electrons. The molecule has 4 heterocycles. The number of methoxy groups -OCH3 is 1. The Bertz CT molecular complexity index is 997. The van der Waals surface area contributed by atoms with Gasteiger partial charge in [0.05, 0.1) is 24.7 Å². The lowest BCUT2D eigenvalue weighted by Crippen LogP contribution is -2.42. The first-order valence-electron chi connectivity index (χ1n) is 9.02. The number of carbonyl (C=O) groups excluding carboxylic acids is 1. The van der Waals surface area contributed by atoms with Gasteiger partial charge in [-0.3, -0.25) is 9.78 Å². The standard InChI is InChI=1S/C19H18F2N6O2/c1-29-17-5-4-14(23-24-17)16-11-15(25-27(16)13-3-2-8-22-12-13)18(28)26-9-6-19(20,21)7-10-26/h2-5,8,11-12H,6-7,9-10H2,1H3. The van der Waals surface area contributed by atoms with Crippen LogP contribution in [0.1, 0.15) is 23.3 Å². The third-order valence-corrected chi connectivity index (χ3v) is 4.71. The maximum atomic E-state index is 13.4. The van der Waals surface area contributed by atoms with Crippen LogP contribution >= 0.6 is 0 Å². The zero-order valence-corrected chi connectivity index (χ0v) is 15.6. The van der Waals surface area contributed by atoms with Crippen LogP contribution < -0.4 is 4.74 Å². The molecule has 1 amide bonds. The van der Waals surface area contributed by atoms with E-state index < -0.39 is 11.8 Å². The van der Waals surface area contributed by atoms with Crippen molar-refractivity contribution in [1.82, 2.24) is 29.9 Å². The van der Waals surface area contributed by atoms with E-state index in [2.05, 4.69) is 20.3 Å². The fourth-order valence-corrected chi connectivity index (χ4v) is 3.11. The van der Waals surface area contributed by atoms with E-state index in [-0.39, 0.29) is 31.6 Å². The quantitative estimate of drug-likeness (QED) is 0.669. The first-order chi connectivity index (χ1) is 14.0. The van der Waals surface area contributed by atoms with Crippen LogP contribution in [0, 0.1) is 0 Å². The maximum Gasteiger partial charge on any atom is 0.274 e. The van der Waals surface area contributed by atoms with Crippen molar-refractivity contribution in [2.45, 2.75) is 18.8 Å². The lowest BCUT2D eigenvalue weighted by atomic mass is 10.1. The Morgan fingerprint density at radius 1 is 1.17 bits per heavy atom. The average Bonchev–Trinajstić information content (AvgIpc) is 3.19. The molecule has 1 saturated heterocycles. The molecular weight excluding hydrogens is 382 g/mol. The average molecular weight is 400 g/mol. The Morgan fingerprint density at radius 2 is 1.97 bits per heavy atom. The van der Waals surface area contributed by atoms with E-state index in [0.717, 1.165) is 0 Å². The summed E-state index contributed by atoms with van der Waals surface area (Å²) in [6.07, 6.45) is 2.53. The molecule has 4 rings (SSSR count). The number of likely N-dealkylation sites (tertiary alicyclic amines) is 1. The number of alkyl halides is 2. The Kier molecular flexibility index (Phi) is 4.91. The Labute approximate surface area is 165 Å². The monoisotopic (exact) mass is 400 g/mol. The van der Waals surface area contributed by atoms with E-state index in [9.17, 15) is 13.6 Å². The Hall–Kier alpha value is -3.43. The zero-order valence-electron chi connectivity index (χ0n) is 15.6. The highest BCUT2D eigenvalue weighted by atomic mass is 19.3. The van der Waals surface area contributed by atoms with Crippen LogP contribution in [0.4, 0.5) is 8.78 Å². The topological polar surface area (TPSA) is 86.0 Å². The lowest BCUT2D eigenvalue weighted by molar-refractivity contribution is -0.0495. The van der Waals surface area contributed by atoms with Crippen LogP contribution in [0.15, 0.2) is 42.7 Å². The number of amides is 1. The van der Waals surface area contributed by atoms with Crippen LogP contribution in [0.3, 0.4) is 0 Å². The molecule has 29 heavy (non-hydrogen) atoms. The van der Waals surface area contributed by atoms with Crippen LogP contribution in [0.25, 0.3) is 17.1 Å². The molecule has 0 N–H and O–H groups in total. The summed E-state index contributed by atoms with van der Waals surface area (Å²) in [5.74, 6) is -2.77. The highest BCUT2D eigenvalue weighted by Gasteiger charge is 2.36. The minimum atomic E-state index is -2.73. The van der Waals surface area contributed by atoms with Gasteiger partial charge in [0.2, 0.25) is 5.88 Å². The van der Waals surface area contributed by atoms with E-state index in [4.69, 9.17) is 4.74 Å². The van der Waals surface area contributed by atoms with Crippen molar-refractivity contribution in [3.8, 4) is 23.0 Å². The molecule has 8 nitrogen and oxygen atoms in total. The van der Waals surface area contributed by atoms with Gasteiger partial charge >= 0.3 is 0 Å². The molecule has 1 aliphatic heterocycles. The number of carbonyl (C=O) groups is 1. The van der Waals surface area contributed by atoms with Crippen molar-refractivity contribution in [3.05, 3.63) is 48.4 Å². The number of rotatable bonds is 4. The molecule has 0 atom stereocenters. The van der Waals surface area contributed by atoms with Gasteiger partial charge in [-0.2, -0.15) is 5.10 Å². The second-order valence-corrected chi connectivity index (χ2v) is 6.65. The highest BCUT2D eigenvalue weighted by molar-refractivity contribution is 5.93. The lowest BCUT2D eigenvalue weighted by Gasteiger charge is -2.31. The summed E-state index contributed by atoms with van der Waals surface area (Å²) >= 11 is 0. The summed E-state index contributed by atoms with van der Waals surface area (Å²) in [7, 11) is 1.49. The predicted octanol–water partition coefficient (Wildman–Crippen LogP) is 2.60. The first kappa shape index (κ1) is 18.9. The molecule has 1 fully saturated rings. The Balaban J connectivity index is 1.70. The summed E-state index contributed by atoms with van der Waals surface area (Å²) in [4.78, 5) is 18.4. The third-order valence-electron chi connectivity index (χ3n) is 4.71. The summed E-state index contributed by atoms with van der Waals surface area (Å²) < 4.78 is 33.4. The summed E-state index contributed by atoms with van der Waals surface area (Å²) in [6, 6.07) is 8.46. The molecule has 1 aliphatic rings. The van der Waals surface area contributed by atoms with Gasteiger partial charge in [0.15, 0.2) is 5.69 Å². The molecule has 0 aliphatic carbocycles. The van der Waals surface area contributed by atoms with E-state index >= 15 is 0 Å². The number of pyridine rings is 1. The van der Waals surface area contributed by atoms with Crippen molar-refractivity contribution < 1.29 is 18.3 Å². The van der Waals surface area contributed by atoms with Crippen molar-refractivity contribution in [2.75, 3.05) is 20.2 Å². The predicted molar refractivity (Wildman–Crippen MR) is 99.0 cm³/mol. The molecule has 0 saturated carbocycles. The van der Waals surface area contributed by atoms with Gasteiger partial charge in [0, 0.05) is 38.2 Å². The molecular formula is C19H18F2N6O2. The SMILES string of the molecule is COc1ccc(-c2cc(C(=O)N3CCC(F)(F)CC3)nn2-c2cccnc2)nn1. The van der Waals surface area contributed by atoms with E-state index in [0.29, 0.717) is 23.0 Å². The third kappa shape index (κ3) is 3.91. The molecule has 3 aromatic rings. The number of nitrogens with zero attached hydrogens (tertiary/aromatic N) is 6. The van der Waals surface area contributed by atoms with Gasteiger partial charge in [-0.25, -0.2) is 13.5 Å². The van der Waals surface area contributed by atoms with Gasteiger partial charge in [-0.1, -0.05) is 0 Å². The summed E-state index contributed by atoms with van der Waals surface area (Å²) in [5.41, 5.74) is 1.78. The summed E-state index contributed by atoms with van der Waals surface area (Å²) in [5, 5.41) is 12.5. The molecule has 0 unspecified atom stereocenters. The van der Waals surface area contributed by atoms with Crippen LogP contribution in [0.5, 0.6) is 5.88 Å². The number of ether oxygens (including phenoxy) is 1.